The van der Waals surface area contributed by atoms with Crippen LogP contribution in [-0.4, -0.2) is 14.8 Å². The van der Waals surface area contributed by atoms with Gasteiger partial charge in [-0.2, -0.15) is 0 Å². The molecule has 0 spiro atoms. The molecule has 0 aliphatic heterocycles. The molecule has 78 valence electrons. The Bertz CT molecular complexity index is 473. The van der Waals surface area contributed by atoms with Gasteiger partial charge >= 0.3 is 0 Å². The van der Waals surface area contributed by atoms with Gasteiger partial charge in [-0.05, 0) is 25.5 Å². The fourth-order valence-corrected chi connectivity index (χ4v) is 1.56. The van der Waals surface area contributed by atoms with Gasteiger partial charge in [0.15, 0.2) is 5.82 Å². The van der Waals surface area contributed by atoms with Gasteiger partial charge in [-0.15, -0.1) is 5.10 Å². The molecule has 0 fully saturated rings. The lowest BCUT2D eigenvalue weighted by molar-refractivity contribution is 0.807. The molecule has 0 saturated carbocycles. The van der Waals surface area contributed by atoms with E-state index in [-0.39, 0.29) is 0 Å². The molecule has 1 heterocycles. The highest BCUT2D eigenvalue weighted by molar-refractivity contribution is 5.39. The lowest BCUT2D eigenvalue weighted by Gasteiger charge is -2.05. The van der Waals surface area contributed by atoms with Gasteiger partial charge < -0.3 is 5.73 Å². The van der Waals surface area contributed by atoms with Crippen LogP contribution in [0.1, 0.15) is 17.2 Å². The SMILES string of the molecule is Cc1ccccc1-n1nc(CN)nc1C. The zero-order chi connectivity index (χ0) is 10.8. The normalized spacial score (nSPS) is 10.6. The maximum Gasteiger partial charge on any atom is 0.164 e. The molecule has 0 aliphatic carbocycles. The number of hydrogen-bond acceptors (Lipinski definition) is 3. The van der Waals surface area contributed by atoms with E-state index in [4.69, 9.17) is 5.73 Å². The summed E-state index contributed by atoms with van der Waals surface area (Å²) in [5.74, 6) is 1.54. The van der Waals surface area contributed by atoms with Crippen molar-refractivity contribution in [3.05, 3.63) is 41.5 Å². The van der Waals surface area contributed by atoms with Crippen LogP contribution in [0, 0.1) is 13.8 Å². The number of para-hydroxylation sites is 1. The summed E-state index contributed by atoms with van der Waals surface area (Å²) in [7, 11) is 0. The molecule has 4 nitrogen and oxygen atoms in total. The van der Waals surface area contributed by atoms with Crippen LogP contribution in [0.25, 0.3) is 5.69 Å². The van der Waals surface area contributed by atoms with E-state index in [1.165, 1.54) is 5.56 Å². The summed E-state index contributed by atoms with van der Waals surface area (Å²) in [5, 5.41) is 4.34. The van der Waals surface area contributed by atoms with E-state index < -0.39 is 0 Å². The van der Waals surface area contributed by atoms with E-state index in [2.05, 4.69) is 23.1 Å². The molecule has 0 amide bonds. The fourth-order valence-electron chi connectivity index (χ4n) is 1.56. The summed E-state index contributed by atoms with van der Waals surface area (Å²) in [4.78, 5) is 4.27. The Balaban J connectivity index is 2.54. The minimum atomic E-state index is 0.375. The summed E-state index contributed by atoms with van der Waals surface area (Å²) in [6.07, 6.45) is 0. The van der Waals surface area contributed by atoms with Crippen molar-refractivity contribution in [1.82, 2.24) is 14.8 Å². The van der Waals surface area contributed by atoms with Gasteiger partial charge in [0.1, 0.15) is 5.82 Å². The van der Waals surface area contributed by atoms with Crippen molar-refractivity contribution < 1.29 is 0 Å². The molecule has 0 atom stereocenters. The number of rotatable bonds is 2. The molecule has 15 heavy (non-hydrogen) atoms. The molecular weight excluding hydrogens is 188 g/mol. The van der Waals surface area contributed by atoms with E-state index in [0.29, 0.717) is 12.4 Å². The number of nitrogens with zero attached hydrogens (tertiary/aromatic N) is 3. The third-order valence-electron chi connectivity index (χ3n) is 2.34. The molecule has 1 aromatic carbocycles. The molecule has 1 aromatic heterocycles. The first-order chi connectivity index (χ1) is 7.22. The second kappa shape index (κ2) is 3.82. The first-order valence-corrected chi connectivity index (χ1v) is 4.91. The van der Waals surface area contributed by atoms with Crippen molar-refractivity contribution in [3.8, 4) is 5.69 Å². The van der Waals surface area contributed by atoms with Crippen LogP contribution in [0.3, 0.4) is 0 Å². The average molecular weight is 202 g/mol. The first kappa shape index (κ1) is 9.86. The monoisotopic (exact) mass is 202 g/mol. The van der Waals surface area contributed by atoms with Crippen LogP contribution in [0.4, 0.5) is 0 Å². The zero-order valence-electron chi connectivity index (χ0n) is 8.94. The highest BCUT2D eigenvalue weighted by atomic mass is 15.4. The lowest BCUT2D eigenvalue weighted by atomic mass is 10.2. The van der Waals surface area contributed by atoms with Gasteiger partial charge in [0.25, 0.3) is 0 Å². The first-order valence-electron chi connectivity index (χ1n) is 4.91. The summed E-state index contributed by atoms with van der Waals surface area (Å²) < 4.78 is 1.83. The molecule has 0 aliphatic rings. The Labute approximate surface area is 88.8 Å². The van der Waals surface area contributed by atoms with Gasteiger partial charge in [0.2, 0.25) is 0 Å². The molecular formula is C11H14N4. The quantitative estimate of drug-likeness (QED) is 0.799. The largest absolute Gasteiger partial charge is 0.324 e. The number of benzene rings is 1. The van der Waals surface area contributed by atoms with E-state index >= 15 is 0 Å². The molecule has 4 heteroatoms. The van der Waals surface area contributed by atoms with E-state index in [9.17, 15) is 0 Å². The highest BCUT2D eigenvalue weighted by Crippen LogP contribution is 2.13. The molecule has 2 N–H and O–H groups in total. The standard InChI is InChI=1S/C11H14N4/c1-8-5-3-4-6-10(8)15-9(2)13-11(7-12)14-15/h3-6H,7,12H2,1-2H3. The van der Waals surface area contributed by atoms with E-state index in [0.717, 1.165) is 11.5 Å². The van der Waals surface area contributed by atoms with Crippen molar-refractivity contribution in [1.29, 1.82) is 0 Å². The third-order valence-corrected chi connectivity index (χ3v) is 2.34. The third kappa shape index (κ3) is 1.76. The van der Waals surface area contributed by atoms with Crippen LogP contribution in [-0.2, 0) is 6.54 Å². The lowest BCUT2D eigenvalue weighted by Crippen LogP contribution is -2.03. The van der Waals surface area contributed by atoms with Gasteiger partial charge in [0.05, 0.1) is 12.2 Å². The topological polar surface area (TPSA) is 56.7 Å². The molecule has 0 bridgehead atoms. The van der Waals surface area contributed by atoms with Crippen molar-refractivity contribution in [2.75, 3.05) is 0 Å². The van der Waals surface area contributed by atoms with E-state index in [1.54, 1.807) is 0 Å². The number of aryl methyl sites for hydroxylation is 2. The van der Waals surface area contributed by atoms with Crippen molar-refractivity contribution in [2.24, 2.45) is 5.73 Å². The van der Waals surface area contributed by atoms with Gasteiger partial charge in [-0.25, -0.2) is 9.67 Å². The summed E-state index contributed by atoms with van der Waals surface area (Å²) in [6.45, 7) is 4.36. The van der Waals surface area contributed by atoms with Crippen molar-refractivity contribution >= 4 is 0 Å². The van der Waals surface area contributed by atoms with Gasteiger partial charge in [-0.1, -0.05) is 18.2 Å². The highest BCUT2D eigenvalue weighted by Gasteiger charge is 2.07. The maximum absolute atomic E-state index is 5.51. The summed E-state index contributed by atoms with van der Waals surface area (Å²) in [5.41, 5.74) is 7.74. The summed E-state index contributed by atoms with van der Waals surface area (Å²) >= 11 is 0. The molecule has 2 aromatic rings. The zero-order valence-corrected chi connectivity index (χ0v) is 8.94. The van der Waals surface area contributed by atoms with Gasteiger partial charge in [-0.3, -0.25) is 0 Å². The Hall–Kier alpha value is -1.68. The maximum atomic E-state index is 5.51. The Kier molecular flexibility index (Phi) is 2.51. The minimum Gasteiger partial charge on any atom is -0.324 e. The van der Waals surface area contributed by atoms with Crippen LogP contribution >= 0.6 is 0 Å². The van der Waals surface area contributed by atoms with Crippen molar-refractivity contribution in [3.63, 3.8) is 0 Å². The Morgan fingerprint density at radius 3 is 2.60 bits per heavy atom. The smallest absolute Gasteiger partial charge is 0.164 e. The molecule has 0 radical (unpaired) electrons. The predicted octanol–water partition coefficient (Wildman–Crippen LogP) is 1.34. The second-order valence-electron chi connectivity index (χ2n) is 3.48. The number of aromatic nitrogens is 3. The van der Waals surface area contributed by atoms with Gasteiger partial charge in [0, 0.05) is 0 Å². The predicted molar refractivity (Wildman–Crippen MR) is 58.7 cm³/mol. The number of nitrogens with two attached hydrogens (primary N) is 1. The molecule has 2 rings (SSSR count). The Morgan fingerprint density at radius 2 is 2.00 bits per heavy atom. The van der Waals surface area contributed by atoms with Crippen LogP contribution in [0.15, 0.2) is 24.3 Å². The molecule has 0 saturated heterocycles. The van der Waals surface area contributed by atoms with Crippen LogP contribution in [0.5, 0.6) is 0 Å². The number of hydrogen-bond donors (Lipinski definition) is 1. The average Bonchev–Trinajstić information content (AvgIpc) is 2.60. The summed E-state index contributed by atoms with van der Waals surface area (Å²) in [6, 6.07) is 8.08. The van der Waals surface area contributed by atoms with Crippen LogP contribution < -0.4 is 5.73 Å². The van der Waals surface area contributed by atoms with Crippen molar-refractivity contribution in [2.45, 2.75) is 20.4 Å². The van der Waals surface area contributed by atoms with E-state index in [1.807, 2.05) is 29.8 Å². The fraction of sp³-hybridized carbons (Fsp3) is 0.273. The van der Waals surface area contributed by atoms with Crippen LogP contribution in [0.2, 0.25) is 0 Å². The second-order valence-corrected chi connectivity index (χ2v) is 3.48. The Morgan fingerprint density at radius 1 is 1.27 bits per heavy atom. The molecule has 0 unspecified atom stereocenters. The minimum absolute atomic E-state index is 0.375.